The molecule has 2 saturated carbocycles. The molecule has 0 heterocycles. The average Bonchev–Trinajstić information content (AvgIpc) is 3.67. The second-order valence-electron chi connectivity index (χ2n) is 9.25. The number of carbonyl (C=O) groups is 1. The fourth-order valence-corrected chi connectivity index (χ4v) is 4.75. The molecule has 2 unspecified atom stereocenters. The van der Waals surface area contributed by atoms with Crippen LogP contribution in [0.4, 0.5) is 0 Å². The SMILES string of the molecule is CC(C)c1ccc(C2CC2)c(-c2ccc(C3CC3c3ccccc3)cc2C(=O)O)c1. The molecule has 0 aromatic heterocycles. The quantitative estimate of drug-likeness (QED) is 0.474. The first kappa shape index (κ1) is 19.1. The molecule has 5 rings (SSSR count). The fraction of sp³-hybridized carbons (Fsp3) is 0.321. The van der Waals surface area contributed by atoms with Gasteiger partial charge in [-0.1, -0.05) is 74.5 Å². The Bertz CT molecular complexity index is 1090. The first-order chi connectivity index (χ1) is 14.5. The lowest BCUT2D eigenvalue weighted by atomic mass is 9.88. The van der Waals surface area contributed by atoms with Crippen molar-refractivity contribution >= 4 is 5.97 Å². The number of hydrogen-bond donors (Lipinski definition) is 1. The number of aromatic carboxylic acids is 1. The van der Waals surface area contributed by atoms with Crippen molar-refractivity contribution in [2.45, 2.75) is 56.8 Å². The molecule has 3 aromatic carbocycles. The number of rotatable bonds is 6. The van der Waals surface area contributed by atoms with Crippen molar-refractivity contribution in [3.63, 3.8) is 0 Å². The van der Waals surface area contributed by atoms with E-state index in [-0.39, 0.29) is 0 Å². The van der Waals surface area contributed by atoms with E-state index in [1.165, 1.54) is 29.5 Å². The van der Waals surface area contributed by atoms with Crippen molar-refractivity contribution < 1.29 is 9.90 Å². The lowest BCUT2D eigenvalue weighted by Crippen LogP contribution is -2.03. The Morgan fingerprint density at radius 2 is 1.60 bits per heavy atom. The van der Waals surface area contributed by atoms with Crippen LogP contribution in [-0.2, 0) is 0 Å². The van der Waals surface area contributed by atoms with Crippen LogP contribution in [-0.4, -0.2) is 11.1 Å². The van der Waals surface area contributed by atoms with Gasteiger partial charge in [0.25, 0.3) is 0 Å². The summed E-state index contributed by atoms with van der Waals surface area (Å²) in [5, 5.41) is 10.1. The minimum Gasteiger partial charge on any atom is -0.478 e. The molecule has 152 valence electrons. The molecular formula is C28H28O2. The molecular weight excluding hydrogens is 368 g/mol. The summed E-state index contributed by atoms with van der Waals surface area (Å²) in [5.41, 5.74) is 7.50. The van der Waals surface area contributed by atoms with E-state index in [4.69, 9.17) is 0 Å². The van der Waals surface area contributed by atoms with Crippen molar-refractivity contribution in [1.29, 1.82) is 0 Å². The van der Waals surface area contributed by atoms with E-state index in [9.17, 15) is 9.90 Å². The van der Waals surface area contributed by atoms with Gasteiger partial charge in [0.1, 0.15) is 0 Å². The summed E-state index contributed by atoms with van der Waals surface area (Å²) in [6.07, 6.45) is 3.50. The second-order valence-corrected chi connectivity index (χ2v) is 9.25. The average molecular weight is 397 g/mol. The third-order valence-electron chi connectivity index (χ3n) is 6.77. The Hall–Kier alpha value is -2.87. The van der Waals surface area contributed by atoms with Gasteiger partial charge >= 0.3 is 5.97 Å². The van der Waals surface area contributed by atoms with E-state index in [1.807, 2.05) is 12.1 Å². The highest BCUT2D eigenvalue weighted by Crippen LogP contribution is 2.55. The fourth-order valence-electron chi connectivity index (χ4n) is 4.75. The summed E-state index contributed by atoms with van der Waals surface area (Å²) in [7, 11) is 0. The summed E-state index contributed by atoms with van der Waals surface area (Å²) in [6.45, 7) is 4.38. The van der Waals surface area contributed by atoms with Crippen LogP contribution in [0.25, 0.3) is 11.1 Å². The first-order valence-corrected chi connectivity index (χ1v) is 11.1. The minimum absolute atomic E-state index is 0.419. The summed E-state index contributed by atoms with van der Waals surface area (Å²) in [5.74, 6) is 1.09. The lowest BCUT2D eigenvalue weighted by molar-refractivity contribution is 0.0697. The zero-order valence-electron chi connectivity index (χ0n) is 17.6. The van der Waals surface area contributed by atoms with Crippen LogP contribution in [0.1, 0.15) is 89.4 Å². The van der Waals surface area contributed by atoms with Gasteiger partial charge in [-0.2, -0.15) is 0 Å². The number of hydrogen-bond acceptors (Lipinski definition) is 1. The molecule has 2 nitrogen and oxygen atoms in total. The lowest BCUT2D eigenvalue weighted by Gasteiger charge is -2.16. The Balaban J connectivity index is 1.54. The van der Waals surface area contributed by atoms with E-state index in [0.29, 0.717) is 29.2 Å². The van der Waals surface area contributed by atoms with Gasteiger partial charge in [0, 0.05) is 0 Å². The summed E-state index contributed by atoms with van der Waals surface area (Å²) in [6, 6.07) is 23.4. The second kappa shape index (κ2) is 7.43. The number of carboxylic acid groups (broad SMARTS) is 1. The van der Waals surface area contributed by atoms with Crippen molar-refractivity contribution in [1.82, 2.24) is 0 Å². The van der Waals surface area contributed by atoms with E-state index >= 15 is 0 Å². The van der Waals surface area contributed by atoms with Crippen LogP contribution in [0, 0.1) is 0 Å². The maximum atomic E-state index is 12.3. The molecule has 0 spiro atoms. The predicted octanol–water partition coefficient (Wildman–Crippen LogP) is 7.32. The van der Waals surface area contributed by atoms with Crippen LogP contribution < -0.4 is 0 Å². The maximum Gasteiger partial charge on any atom is 0.336 e. The van der Waals surface area contributed by atoms with Gasteiger partial charge in [-0.15, -0.1) is 0 Å². The van der Waals surface area contributed by atoms with E-state index < -0.39 is 5.97 Å². The Morgan fingerprint density at radius 1 is 0.867 bits per heavy atom. The maximum absolute atomic E-state index is 12.3. The zero-order valence-corrected chi connectivity index (χ0v) is 17.6. The van der Waals surface area contributed by atoms with Crippen LogP contribution in [0.15, 0.2) is 66.7 Å². The topological polar surface area (TPSA) is 37.3 Å². The Labute approximate surface area is 178 Å². The molecule has 3 aromatic rings. The van der Waals surface area contributed by atoms with E-state index in [2.05, 4.69) is 68.4 Å². The minimum atomic E-state index is -0.833. The molecule has 2 aliphatic rings. The molecule has 0 amide bonds. The van der Waals surface area contributed by atoms with Crippen LogP contribution in [0.2, 0.25) is 0 Å². The molecule has 0 bridgehead atoms. The third kappa shape index (κ3) is 3.56. The summed E-state index contributed by atoms with van der Waals surface area (Å²) >= 11 is 0. The standard InChI is InChI=1S/C28H28O2/c1-17(2)20-10-12-22(19-8-9-19)26(14-20)23-13-11-21(15-27(23)28(29)30)25-16-24(25)18-6-4-3-5-7-18/h3-7,10-15,17,19,24-25H,8-9,16H2,1-2H3,(H,29,30). The largest absolute Gasteiger partial charge is 0.478 e. The molecule has 0 aliphatic heterocycles. The highest BCUT2D eigenvalue weighted by molar-refractivity contribution is 5.97. The Kier molecular flexibility index (Phi) is 4.73. The van der Waals surface area contributed by atoms with Crippen LogP contribution in [0.5, 0.6) is 0 Å². The predicted molar refractivity (Wildman–Crippen MR) is 121 cm³/mol. The van der Waals surface area contributed by atoms with E-state index in [0.717, 1.165) is 23.1 Å². The molecule has 0 radical (unpaired) electrons. The van der Waals surface area contributed by atoms with Gasteiger partial charge in [-0.25, -0.2) is 4.79 Å². The van der Waals surface area contributed by atoms with Gasteiger partial charge in [0.2, 0.25) is 0 Å². The van der Waals surface area contributed by atoms with Gasteiger partial charge in [-0.3, -0.25) is 0 Å². The molecule has 2 aliphatic carbocycles. The van der Waals surface area contributed by atoms with Crippen LogP contribution in [0.3, 0.4) is 0 Å². The Morgan fingerprint density at radius 3 is 2.27 bits per heavy atom. The monoisotopic (exact) mass is 396 g/mol. The number of benzene rings is 3. The van der Waals surface area contributed by atoms with Crippen molar-refractivity contribution in [3.05, 3.63) is 94.5 Å². The van der Waals surface area contributed by atoms with Crippen LogP contribution >= 0.6 is 0 Å². The van der Waals surface area contributed by atoms with Crippen molar-refractivity contribution in [2.24, 2.45) is 0 Å². The van der Waals surface area contributed by atoms with Gasteiger partial charge in [-0.05, 0) is 82.4 Å². The van der Waals surface area contributed by atoms with Crippen molar-refractivity contribution in [2.75, 3.05) is 0 Å². The molecule has 1 N–H and O–H groups in total. The molecule has 30 heavy (non-hydrogen) atoms. The summed E-state index contributed by atoms with van der Waals surface area (Å²) < 4.78 is 0. The normalized spacial score (nSPS) is 20.4. The third-order valence-corrected chi connectivity index (χ3v) is 6.77. The van der Waals surface area contributed by atoms with Gasteiger partial charge in [0.15, 0.2) is 0 Å². The smallest absolute Gasteiger partial charge is 0.336 e. The molecule has 2 fully saturated rings. The highest BCUT2D eigenvalue weighted by atomic mass is 16.4. The molecule has 2 heteroatoms. The molecule has 2 atom stereocenters. The summed E-state index contributed by atoms with van der Waals surface area (Å²) in [4.78, 5) is 12.3. The first-order valence-electron chi connectivity index (χ1n) is 11.1. The highest BCUT2D eigenvalue weighted by Gasteiger charge is 2.40. The van der Waals surface area contributed by atoms with Gasteiger partial charge < -0.3 is 5.11 Å². The zero-order chi connectivity index (χ0) is 20.8. The van der Waals surface area contributed by atoms with Gasteiger partial charge in [0.05, 0.1) is 5.56 Å². The number of carboxylic acids is 1. The molecule has 0 saturated heterocycles. The van der Waals surface area contributed by atoms with Crippen molar-refractivity contribution in [3.8, 4) is 11.1 Å². The van der Waals surface area contributed by atoms with E-state index in [1.54, 1.807) is 0 Å².